The van der Waals surface area contributed by atoms with E-state index in [2.05, 4.69) is 30.1 Å². The van der Waals surface area contributed by atoms with Crippen molar-refractivity contribution in [2.75, 3.05) is 18.5 Å². The van der Waals surface area contributed by atoms with Crippen LogP contribution in [0.1, 0.15) is 36.8 Å². The van der Waals surface area contributed by atoms with E-state index >= 15 is 0 Å². The zero-order chi connectivity index (χ0) is 11.2. The summed E-state index contributed by atoms with van der Waals surface area (Å²) < 4.78 is 0. The molecular weight excluding hydrogens is 196 g/mol. The monoisotopic (exact) mass is 216 g/mol. The molecule has 1 aromatic carbocycles. The Morgan fingerprint density at radius 1 is 1.25 bits per heavy atom. The first-order valence-corrected chi connectivity index (χ1v) is 6.32. The lowest BCUT2D eigenvalue weighted by Gasteiger charge is -2.25. The van der Waals surface area contributed by atoms with E-state index in [1.807, 2.05) is 0 Å². The van der Waals surface area contributed by atoms with Gasteiger partial charge in [-0.15, -0.1) is 0 Å². The van der Waals surface area contributed by atoms with Crippen molar-refractivity contribution in [2.45, 2.75) is 37.6 Å². The predicted octanol–water partition coefficient (Wildman–Crippen LogP) is 2.41. The fourth-order valence-electron chi connectivity index (χ4n) is 3.17. The van der Waals surface area contributed by atoms with Gasteiger partial charge in [0, 0.05) is 24.8 Å². The van der Waals surface area contributed by atoms with E-state index in [4.69, 9.17) is 5.73 Å². The summed E-state index contributed by atoms with van der Waals surface area (Å²) in [7, 11) is 2.17. The van der Waals surface area contributed by atoms with Crippen molar-refractivity contribution >= 4 is 5.69 Å². The molecule has 3 rings (SSSR count). The van der Waals surface area contributed by atoms with Gasteiger partial charge in [-0.2, -0.15) is 0 Å². The van der Waals surface area contributed by atoms with Gasteiger partial charge in [-0.3, -0.25) is 0 Å². The van der Waals surface area contributed by atoms with E-state index < -0.39 is 0 Å². The standard InChI is InChI=1S/C14H20N2/c1-16-9-6-11-10-12(4-5-13(11)16)14(15)7-2-3-8-14/h4-5,10H,2-3,6-9,15H2,1H3. The third-order valence-electron chi connectivity index (χ3n) is 4.28. The lowest BCUT2D eigenvalue weighted by Crippen LogP contribution is -2.33. The Morgan fingerprint density at radius 3 is 2.75 bits per heavy atom. The largest absolute Gasteiger partial charge is 0.374 e. The van der Waals surface area contributed by atoms with Gasteiger partial charge in [-0.1, -0.05) is 25.0 Å². The summed E-state index contributed by atoms with van der Waals surface area (Å²) in [4.78, 5) is 2.33. The first-order valence-electron chi connectivity index (χ1n) is 6.32. The normalized spacial score (nSPS) is 22.5. The van der Waals surface area contributed by atoms with Crippen LogP contribution in [0.2, 0.25) is 0 Å². The molecule has 0 amide bonds. The zero-order valence-electron chi connectivity index (χ0n) is 10.00. The highest BCUT2D eigenvalue weighted by atomic mass is 15.1. The van der Waals surface area contributed by atoms with Crippen LogP contribution < -0.4 is 10.6 Å². The number of nitrogens with zero attached hydrogens (tertiary/aromatic N) is 1. The zero-order valence-corrected chi connectivity index (χ0v) is 10.00. The second-order valence-electron chi connectivity index (χ2n) is 5.38. The average molecular weight is 216 g/mol. The van der Waals surface area contributed by atoms with Gasteiger partial charge in [-0.25, -0.2) is 0 Å². The summed E-state index contributed by atoms with van der Waals surface area (Å²) in [6.45, 7) is 1.15. The van der Waals surface area contributed by atoms with Crippen LogP contribution in [0.4, 0.5) is 5.69 Å². The van der Waals surface area contributed by atoms with Gasteiger partial charge in [0.25, 0.3) is 0 Å². The third kappa shape index (κ3) is 1.44. The maximum Gasteiger partial charge on any atom is 0.0409 e. The number of hydrogen-bond donors (Lipinski definition) is 1. The molecule has 0 saturated heterocycles. The molecule has 0 bridgehead atoms. The highest BCUT2D eigenvalue weighted by Crippen LogP contribution is 2.38. The van der Waals surface area contributed by atoms with Crippen LogP contribution >= 0.6 is 0 Å². The van der Waals surface area contributed by atoms with Crippen LogP contribution in [0, 0.1) is 0 Å². The maximum atomic E-state index is 6.50. The topological polar surface area (TPSA) is 29.3 Å². The summed E-state index contributed by atoms with van der Waals surface area (Å²) in [5.74, 6) is 0. The molecule has 0 aromatic heterocycles. The van der Waals surface area contributed by atoms with Gasteiger partial charge in [0.15, 0.2) is 0 Å². The number of benzene rings is 1. The van der Waals surface area contributed by atoms with E-state index in [0.717, 1.165) is 19.4 Å². The molecule has 0 radical (unpaired) electrons. The highest BCUT2D eigenvalue weighted by Gasteiger charge is 2.32. The van der Waals surface area contributed by atoms with Crippen molar-refractivity contribution < 1.29 is 0 Å². The second kappa shape index (κ2) is 3.49. The minimum Gasteiger partial charge on any atom is -0.374 e. The molecule has 0 spiro atoms. The smallest absolute Gasteiger partial charge is 0.0409 e. The van der Waals surface area contributed by atoms with Gasteiger partial charge < -0.3 is 10.6 Å². The molecule has 1 saturated carbocycles. The van der Waals surface area contributed by atoms with Gasteiger partial charge in [-0.05, 0) is 36.5 Å². The van der Waals surface area contributed by atoms with Crippen LogP contribution in [0.3, 0.4) is 0 Å². The van der Waals surface area contributed by atoms with E-state index in [9.17, 15) is 0 Å². The maximum absolute atomic E-state index is 6.50. The quantitative estimate of drug-likeness (QED) is 0.781. The minimum absolute atomic E-state index is 0.0316. The lowest BCUT2D eigenvalue weighted by molar-refractivity contribution is 0.461. The molecule has 2 N–H and O–H groups in total. The molecule has 0 unspecified atom stereocenters. The van der Waals surface area contributed by atoms with E-state index in [1.165, 1.54) is 36.1 Å². The Bertz CT molecular complexity index is 405. The fourth-order valence-corrected chi connectivity index (χ4v) is 3.17. The van der Waals surface area contributed by atoms with Crippen LogP contribution in [0.15, 0.2) is 18.2 Å². The van der Waals surface area contributed by atoms with Crippen LogP contribution in [-0.2, 0) is 12.0 Å². The summed E-state index contributed by atoms with van der Waals surface area (Å²) in [6, 6.07) is 6.85. The summed E-state index contributed by atoms with van der Waals surface area (Å²) in [6.07, 6.45) is 6.06. The first kappa shape index (κ1) is 10.2. The fraction of sp³-hybridized carbons (Fsp3) is 0.571. The van der Waals surface area contributed by atoms with Crippen LogP contribution in [0.25, 0.3) is 0 Å². The van der Waals surface area contributed by atoms with Gasteiger partial charge in [0.05, 0.1) is 0 Å². The van der Waals surface area contributed by atoms with Crippen molar-refractivity contribution in [2.24, 2.45) is 5.73 Å². The Kier molecular flexibility index (Phi) is 2.21. The number of likely N-dealkylation sites (N-methyl/N-ethyl adjacent to an activating group) is 1. The number of rotatable bonds is 1. The molecule has 2 nitrogen and oxygen atoms in total. The SMILES string of the molecule is CN1CCc2cc(C3(N)CCCC3)ccc21. The molecule has 1 aromatic rings. The van der Waals surface area contributed by atoms with Gasteiger partial charge >= 0.3 is 0 Å². The summed E-state index contributed by atoms with van der Waals surface area (Å²) in [5.41, 5.74) is 10.7. The van der Waals surface area contributed by atoms with Crippen molar-refractivity contribution in [1.29, 1.82) is 0 Å². The number of anilines is 1. The van der Waals surface area contributed by atoms with Crippen LogP contribution in [0.5, 0.6) is 0 Å². The summed E-state index contributed by atoms with van der Waals surface area (Å²) in [5, 5.41) is 0. The van der Waals surface area contributed by atoms with Gasteiger partial charge in [0.2, 0.25) is 0 Å². The summed E-state index contributed by atoms with van der Waals surface area (Å²) >= 11 is 0. The Hall–Kier alpha value is -1.02. The predicted molar refractivity (Wildman–Crippen MR) is 67.7 cm³/mol. The molecule has 1 aliphatic carbocycles. The van der Waals surface area contributed by atoms with Crippen molar-refractivity contribution in [3.05, 3.63) is 29.3 Å². The van der Waals surface area contributed by atoms with Crippen molar-refractivity contribution in [3.63, 3.8) is 0 Å². The highest BCUT2D eigenvalue weighted by molar-refractivity contribution is 5.59. The Morgan fingerprint density at radius 2 is 2.00 bits per heavy atom. The molecule has 86 valence electrons. The minimum atomic E-state index is -0.0316. The van der Waals surface area contributed by atoms with E-state index in [1.54, 1.807) is 0 Å². The molecule has 1 heterocycles. The van der Waals surface area contributed by atoms with Crippen molar-refractivity contribution in [3.8, 4) is 0 Å². The number of fused-ring (bicyclic) bond motifs is 1. The lowest BCUT2D eigenvalue weighted by atomic mass is 9.88. The average Bonchev–Trinajstić information content (AvgIpc) is 2.87. The number of hydrogen-bond acceptors (Lipinski definition) is 2. The van der Waals surface area contributed by atoms with Crippen LogP contribution in [-0.4, -0.2) is 13.6 Å². The van der Waals surface area contributed by atoms with Crippen molar-refractivity contribution in [1.82, 2.24) is 0 Å². The molecule has 2 heteroatoms. The molecule has 16 heavy (non-hydrogen) atoms. The molecule has 1 aliphatic heterocycles. The van der Waals surface area contributed by atoms with E-state index in [0.29, 0.717) is 0 Å². The first-order chi connectivity index (χ1) is 7.69. The molecule has 2 aliphatic rings. The molecule has 1 fully saturated rings. The molecule has 0 atom stereocenters. The van der Waals surface area contributed by atoms with Gasteiger partial charge in [0.1, 0.15) is 0 Å². The number of nitrogens with two attached hydrogens (primary N) is 1. The Labute approximate surface area is 97.4 Å². The molecular formula is C14H20N2. The second-order valence-corrected chi connectivity index (χ2v) is 5.38. The Balaban J connectivity index is 1.98. The van der Waals surface area contributed by atoms with E-state index in [-0.39, 0.29) is 5.54 Å². The third-order valence-corrected chi connectivity index (χ3v) is 4.28.